The second-order valence-corrected chi connectivity index (χ2v) is 3.99. The number of ether oxygens (including phenoxy) is 1. The molecule has 0 aromatic heterocycles. The number of nitrogens with zero attached hydrogens (tertiary/aromatic N) is 1. The van der Waals surface area contributed by atoms with Crippen LogP contribution in [0.1, 0.15) is 15.9 Å². The quantitative estimate of drug-likeness (QED) is 0.451. The highest BCUT2D eigenvalue weighted by atomic mass is 16.6. The van der Waals surface area contributed by atoms with Crippen molar-refractivity contribution in [3.63, 3.8) is 0 Å². The van der Waals surface area contributed by atoms with E-state index in [1.165, 1.54) is 12.1 Å². The Morgan fingerprint density at radius 3 is 2.65 bits per heavy atom. The topological polar surface area (TPSA) is 119 Å². The Hall–Kier alpha value is -2.48. The first-order valence-corrected chi connectivity index (χ1v) is 5.65. The molecule has 20 heavy (non-hydrogen) atoms. The number of amides is 1. The Bertz CT molecular complexity index is 543. The van der Waals surface area contributed by atoms with E-state index < -0.39 is 29.4 Å². The smallest absolute Gasteiger partial charge is 0.330 e. The average molecular weight is 282 g/mol. The van der Waals surface area contributed by atoms with Crippen molar-refractivity contribution in [2.24, 2.45) is 0 Å². The molecule has 0 heterocycles. The van der Waals surface area contributed by atoms with Gasteiger partial charge in [0.25, 0.3) is 11.6 Å². The summed E-state index contributed by atoms with van der Waals surface area (Å²) in [7, 11) is 1.12. The van der Waals surface area contributed by atoms with Crippen molar-refractivity contribution in [3.8, 4) is 0 Å². The molecule has 0 spiro atoms. The van der Waals surface area contributed by atoms with Crippen LogP contribution in [-0.4, -0.2) is 41.7 Å². The van der Waals surface area contributed by atoms with Gasteiger partial charge in [0.15, 0.2) is 6.04 Å². The van der Waals surface area contributed by atoms with E-state index in [2.05, 4.69) is 10.1 Å². The SMILES string of the molecule is COC(=O)C(CO)NC(=O)c1ccc(C)c([N+](=O)[O-])c1. The van der Waals surface area contributed by atoms with Crippen molar-refractivity contribution < 1.29 is 24.4 Å². The molecule has 0 radical (unpaired) electrons. The predicted octanol–water partition coefficient (Wildman–Crippen LogP) is 0.167. The number of methoxy groups -OCH3 is 1. The van der Waals surface area contributed by atoms with Gasteiger partial charge in [-0.25, -0.2) is 4.79 Å². The standard InChI is InChI=1S/C12H14N2O6/c1-7-3-4-8(5-10(7)14(18)19)11(16)13-9(6-15)12(17)20-2/h3-5,9,15H,6H2,1-2H3,(H,13,16). The first-order chi connectivity index (χ1) is 9.40. The molecular weight excluding hydrogens is 268 g/mol. The van der Waals surface area contributed by atoms with Crippen molar-refractivity contribution in [2.45, 2.75) is 13.0 Å². The fraction of sp³-hybridized carbons (Fsp3) is 0.333. The normalized spacial score (nSPS) is 11.6. The van der Waals surface area contributed by atoms with Crippen LogP contribution in [0.3, 0.4) is 0 Å². The summed E-state index contributed by atoms with van der Waals surface area (Å²) in [5.74, 6) is -1.51. The molecular formula is C12H14N2O6. The fourth-order valence-electron chi connectivity index (χ4n) is 1.51. The molecule has 1 atom stereocenters. The van der Waals surface area contributed by atoms with Crippen LogP contribution in [0.4, 0.5) is 5.69 Å². The van der Waals surface area contributed by atoms with E-state index >= 15 is 0 Å². The van der Waals surface area contributed by atoms with Crippen LogP contribution in [-0.2, 0) is 9.53 Å². The molecule has 2 N–H and O–H groups in total. The second kappa shape index (κ2) is 6.62. The first-order valence-electron chi connectivity index (χ1n) is 5.65. The molecule has 108 valence electrons. The third-order valence-corrected chi connectivity index (χ3v) is 2.64. The molecule has 0 bridgehead atoms. The van der Waals surface area contributed by atoms with E-state index in [1.807, 2.05) is 0 Å². The monoisotopic (exact) mass is 282 g/mol. The van der Waals surface area contributed by atoms with E-state index in [-0.39, 0.29) is 11.3 Å². The largest absolute Gasteiger partial charge is 0.467 e. The number of nitro groups is 1. The number of nitro benzene ring substituents is 1. The second-order valence-electron chi connectivity index (χ2n) is 3.99. The summed E-state index contributed by atoms with van der Waals surface area (Å²) in [4.78, 5) is 33.3. The number of aliphatic hydroxyl groups is 1. The zero-order valence-electron chi connectivity index (χ0n) is 11.0. The van der Waals surface area contributed by atoms with Gasteiger partial charge in [0.05, 0.1) is 18.6 Å². The van der Waals surface area contributed by atoms with Gasteiger partial charge in [-0.05, 0) is 13.0 Å². The third kappa shape index (κ3) is 3.51. The number of aryl methyl sites for hydroxylation is 1. The van der Waals surface area contributed by atoms with Crippen LogP contribution in [0.2, 0.25) is 0 Å². The van der Waals surface area contributed by atoms with Gasteiger partial charge in [-0.1, -0.05) is 6.07 Å². The zero-order valence-corrected chi connectivity index (χ0v) is 11.0. The van der Waals surface area contributed by atoms with Crippen LogP contribution in [0.15, 0.2) is 18.2 Å². The molecule has 1 aromatic rings. The lowest BCUT2D eigenvalue weighted by Crippen LogP contribution is -2.44. The summed E-state index contributed by atoms with van der Waals surface area (Å²) in [6.45, 7) is 0.914. The highest BCUT2D eigenvalue weighted by molar-refractivity contribution is 5.97. The first kappa shape index (κ1) is 15.6. The van der Waals surface area contributed by atoms with Gasteiger partial charge in [-0.2, -0.15) is 0 Å². The summed E-state index contributed by atoms with van der Waals surface area (Å²) >= 11 is 0. The Labute approximate surface area is 114 Å². The van der Waals surface area contributed by atoms with Crippen molar-refractivity contribution in [2.75, 3.05) is 13.7 Å². The van der Waals surface area contributed by atoms with Gasteiger partial charge in [-0.3, -0.25) is 14.9 Å². The van der Waals surface area contributed by atoms with E-state index in [0.29, 0.717) is 5.56 Å². The molecule has 1 unspecified atom stereocenters. The van der Waals surface area contributed by atoms with Gasteiger partial charge in [-0.15, -0.1) is 0 Å². The molecule has 8 heteroatoms. The van der Waals surface area contributed by atoms with Crippen molar-refractivity contribution >= 4 is 17.6 Å². The fourth-order valence-corrected chi connectivity index (χ4v) is 1.51. The lowest BCUT2D eigenvalue weighted by molar-refractivity contribution is -0.385. The maximum atomic E-state index is 11.9. The predicted molar refractivity (Wildman–Crippen MR) is 68.2 cm³/mol. The molecule has 0 saturated heterocycles. The molecule has 8 nitrogen and oxygen atoms in total. The summed E-state index contributed by atoms with van der Waals surface area (Å²) in [5, 5.41) is 22.0. The van der Waals surface area contributed by atoms with Crippen LogP contribution >= 0.6 is 0 Å². The minimum atomic E-state index is -1.21. The molecule has 0 fully saturated rings. The number of hydrogen-bond donors (Lipinski definition) is 2. The van der Waals surface area contributed by atoms with Crippen LogP contribution in [0.5, 0.6) is 0 Å². The molecule has 1 aromatic carbocycles. The highest BCUT2D eigenvalue weighted by Crippen LogP contribution is 2.19. The van der Waals surface area contributed by atoms with Gasteiger partial charge < -0.3 is 15.2 Å². The van der Waals surface area contributed by atoms with E-state index in [4.69, 9.17) is 5.11 Å². The Morgan fingerprint density at radius 2 is 2.15 bits per heavy atom. The Morgan fingerprint density at radius 1 is 1.50 bits per heavy atom. The van der Waals surface area contributed by atoms with E-state index in [9.17, 15) is 19.7 Å². The van der Waals surface area contributed by atoms with Crippen LogP contribution in [0.25, 0.3) is 0 Å². The third-order valence-electron chi connectivity index (χ3n) is 2.64. The highest BCUT2D eigenvalue weighted by Gasteiger charge is 2.22. The van der Waals surface area contributed by atoms with Gasteiger partial charge >= 0.3 is 5.97 Å². The summed E-state index contributed by atoms with van der Waals surface area (Å²) in [6.07, 6.45) is 0. The number of rotatable bonds is 5. The molecule has 1 amide bonds. The molecule has 0 saturated carbocycles. The lowest BCUT2D eigenvalue weighted by Gasteiger charge is -2.13. The van der Waals surface area contributed by atoms with Crippen molar-refractivity contribution in [3.05, 3.63) is 39.4 Å². The molecule has 1 rings (SSSR count). The van der Waals surface area contributed by atoms with E-state index in [1.54, 1.807) is 6.92 Å². The number of carbonyl (C=O) groups excluding carboxylic acids is 2. The Balaban J connectivity index is 2.95. The minimum absolute atomic E-state index is 0.0182. The number of hydrogen-bond acceptors (Lipinski definition) is 6. The maximum absolute atomic E-state index is 11.9. The number of benzene rings is 1. The van der Waals surface area contributed by atoms with Crippen LogP contribution < -0.4 is 5.32 Å². The number of carbonyl (C=O) groups is 2. The molecule has 0 aliphatic rings. The van der Waals surface area contributed by atoms with E-state index in [0.717, 1.165) is 13.2 Å². The molecule has 0 aliphatic heterocycles. The van der Waals surface area contributed by atoms with Crippen LogP contribution in [0, 0.1) is 17.0 Å². The number of nitrogens with one attached hydrogen (secondary N) is 1. The van der Waals surface area contributed by atoms with Crippen molar-refractivity contribution in [1.29, 1.82) is 0 Å². The van der Waals surface area contributed by atoms with Crippen molar-refractivity contribution in [1.82, 2.24) is 5.32 Å². The summed E-state index contributed by atoms with van der Waals surface area (Å²) < 4.78 is 4.40. The molecule has 0 aliphatic carbocycles. The van der Waals surface area contributed by atoms with Gasteiger partial charge in [0.2, 0.25) is 0 Å². The maximum Gasteiger partial charge on any atom is 0.330 e. The van der Waals surface area contributed by atoms with Gasteiger partial charge in [0, 0.05) is 17.2 Å². The summed E-state index contributed by atoms with van der Waals surface area (Å²) in [6, 6.07) is 2.71. The Kier molecular flexibility index (Phi) is 5.15. The number of esters is 1. The summed E-state index contributed by atoms with van der Waals surface area (Å²) in [5.41, 5.74) is 0.235. The lowest BCUT2D eigenvalue weighted by atomic mass is 10.1. The number of aliphatic hydroxyl groups excluding tert-OH is 1. The minimum Gasteiger partial charge on any atom is -0.467 e. The average Bonchev–Trinajstić information content (AvgIpc) is 2.43. The zero-order chi connectivity index (χ0) is 15.3. The van der Waals surface area contributed by atoms with Gasteiger partial charge in [0.1, 0.15) is 0 Å².